The van der Waals surface area contributed by atoms with E-state index in [9.17, 15) is 13.2 Å². The summed E-state index contributed by atoms with van der Waals surface area (Å²) in [5.41, 5.74) is 1.91. The van der Waals surface area contributed by atoms with Gasteiger partial charge in [-0.05, 0) is 42.0 Å². The Morgan fingerprint density at radius 3 is 2.38 bits per heavy atom. The first-order valence-corrected chi connectivity index (χ1v) is 10.4. The van der Waals surface area contributed by atoms with Gasteiger partial charge in [0.05, 0.1) is 4.90 Å². The Hall–Kier alpha value is -3.16. The molecule has 3 aromatic carbocycles. The fourth-order valence-electron chi connectivity index (χ4n) is 2.63. The highest BCUT2D eigenvalue weighted by atomic mass is 32.2. The first kappa shape index (κ1) is 20.6. The Balaban J connectivity index is 1.68. The number of hydrogen-bond acceptors (Lipinski definition) is 4. The summed E-state index contributed by atoms with van der Waals surface area (Å²) in [5.74, 6) is 0.362. The van der Waals surface area contributed by atoms with E-state index in [2.05, 4.69) is 5.32 Å². The minimum Gasteiger partial charge on any atom is -0.489 e. The van der Waals surface area contributed by atoms with E-state index in [4.69, 9.17) is 4.74 Å². The van der Waals surface area contributed by atoms with Gasteiger partial charge in [-0.1, -0.05) is 36.4 Å². The van der Waals surface area contributed by atoms with Crippen molar-refractivity contribution in [3.05, 3.63) is 90.0 Å². The van der Waals surface area contributed by atoms with Crippen LogP contribution in [-0.4, -0.2) is 32.7 Å². The van der Waals surface area contributed by atoms with Crippen LogP contribution in [0.3, 0.4) is 0 Å². The van der Waals surface area contributed by atoms with E-state index in [1.54, 1.807) is 72.8 Å². The van der Waals surface area contributed by atoms with E-state index in [0.29, 0.717) is 17.0 Å². The molecule has 0 bridgehead atoms. The number of benzene rings is 3. The van der Waals surface area contributed by atoms with Gasteiger partial charge in [0.15, 0.2) is 0 Å². The number of hydrogen-bond donors (Lipinski definition) is 1. The molecule has 0 atom stereocenters. The van der Waals surface area contributed by atoms with Gasteiger partial charge < -0.3 is 10.1 Å². The first-order chi connectivity index (χ1) is 13.9. The zero-order valence-electron chi connectivity index (χ0n) is 16.2. The van der Waals surface area contributed by atoms with Crippen molar-refractivity contribution in [2.75, 3.05) is 19.4 Å². The summed E-state index contributed by atoms with van der Waals surface area (Å²) in [6.45, 7) is 0.201. The third kappa shape index (κ3) is 5.22. The molecule has 0 saturated carbocycles. The third-order valence-corrected chi connectivity index (χ3v) is 6.02. The third-order valence-electron chi connectivity index (χ3n) is 4.21. The lowest BCUT2D eigenvalue weighted by Crippen LogP contribution is -2.22. The summed E-state index contributed by atoms with van der Waals surface area (Å²) in [6, 6.07) is 22.6. The lowest BCUT2D eigenvalue weighted by molar-refractivity contribution is 0.102. The van der Waals surface area contributed by atoms with E-state index >= 15 is 0 Å². The van der Waals surface area contributed by atoms with Crippen LogP contribution in [0.2, 0.25) is 0 Å². The SMILES string of the molecule is CN(C)S(=O)(=O)c1cccc(COc2cccc(NC(=O)c3ccccc3)c2)c1. The molecule has 0 heterocycles. The Labute approximate surface area is 170 Å². The van der Waals surface area contributed by atoms with Crippen molar-refractivity contribution >= 4 is 21.6 Å². The summed E-state index contributed by atoms with van der Waals surface area (Å²) in [5, 5.41) is 2.83. The van der Waals surface area contributed by atoms with Crippen LogP contribution in [0.5, 0.6) is 5.75 Å². The zero-order chi connectivity index (χ0) is 20.9. The molecule has 0 spiro atoms. The highest BCUT2D eigenvalue weighted by molar-refractivity contribution is 7.89. The van der Waals surface area contributed by atoms with Crippen molar-refractivity contribution < 1.29 is 17.9 Å². The summed E-state index contributed by atoms with van der Waals surface area (Å²) in [6.07, 6.45) is 0. The predicted molar refractivity (Wildman–Crippen MR) is 112 cm³/mol. The Kier molecular flexibility index (Phi) is 6.31. The molecule has 0 saturated heterocycles. The normalized spacial score (nSPS) is 11.3. The van der Waals surface area contributed by atoms with Crippen LogP contribution in [-0.2, 0) is 16.6 Å². The largest absolute Gasteiger partial charge is 0.489 e. The summed E-state index contributed by atoms with van der Waals surface area (Å²) in [4.78, 5) is 12.5. The van der Waals surface area contributed by atoms with Gasteiger partial charge >= 0.3 is 0 Å². The number of carbonyl (C=O) groups is 1. The highest BCUT2D eigenvalue weighted by Crippen LogP contribution is 2.21. The number of rotatable bonds is 7. The van der Waals surface area contributed by atoms with Crippen LogP contribution in [0.1, 0.15) is 15.9 Å². The minimum atomic E-state index is -3.50. The molecule has 0 aliphatic carbocycles. The molecule has 1 N–H and O–H groups in total. The molecule has 29 heavy (non-hydrogen) atoms. The molecule has 6 nitrogen and oxygen atoms in total. The second-order valence-electron chi connectivity index (χ2n) is 6.57. The molecule has 150 valence electrons. The van der Waals surface area contributed by atoms with Crippen molar-refractivity contribution in [2.45, 2.75) is 11.5 Å². The summed E-state index contributed by atoms with van der Waals surface area (Å²) < 4.78 is 31.5. The molecule has 1 amide bonds. The summed E-state index contributed by atoms with van der Waals surface area (Å²) >= 11 is 0. The van der Waals surface area contributed by atoms with E-state index in [-0.39, 0.29) is 17.4 Å². The lowest BCUT2D eigenvalue weighted by Gasteiger charge is -2.13. The molecule has 0 unspecified atom stereocenters. The monoisotopic (exact) mass is 410 g/mol. The Morgan fingerprint density at radius 2 is 1.66 bits per heavy atom. The van der Waals surface area contributed by atoms with E-state index in [1.807, 2.05) is 6.07 Å². The van der Waals surface area contributed by atoms with Crippen LogP contribution in [0.25, 0.3) is 0 Å². The first-order valence-electron chi connectivity index (χ1n) is 8.97. The number of ether oxygens (including phenoxy) is 1. The standard InChI is InChI=1S/C22H22N2O4S/c1-24(2)29(26,27)21-13-6-8-17(14-21)16-28-20-12-7-11-19(15-20)23-22(25)18-9-4-3-5-10-18/h3-15H,16H2,1-2H3,(H,23,25). The molecule has 0 fully saturated rings. The van der Waals surface area contributed by atoms with Gasteiger partial charge in [0.2, 0.25) is 10.0 Å². The average molecular weight is 410 g/mol. The van der Waals surface area contributed by atoms with Gasteiger partial charge in [0.1, 0.15) is 12.4 Å². The number of sulfonamides is 1. The molecule has 0 aliphatic heterocycles. The highest BCUT2D eigenvalue weighted by Gasteiger charge is 2.17. The quantitative estimate of drug-likeness (QED) is 0.643. The van der Waals surface area contributed by atoms with Gasteiger partial charge in [0, 0.05) is 31.4 Å². The number of nitrogens with one attached hydrogen (secondary N) is 1. The smallest absolute Gasteiger partial charge is 0.255 e. The van der Waals surface area contributed by atoms with Crippen molar-refractivity contribution in [3.8, 4) is 5.75 Å². The van der Waals surface area contributed by atoms with Gasteiger partial charge in [0.25, 0.3) is 5.91 Å². The van der Waals surface area contributed by atoms with Gasteiger partial charge in [-0.15, -0.1) is 0 Å². The molecule has 3 aromatic rings. The van der Waals surface area contributed by atoms with Gasteiger partial charge in [-0.3, -0.25) is 4.79 Å². The number of carbonyl (C=O) groups excluding carboxylic acids is 1. The fraction of sp³-hybridized carbons (Fsp3) is 0.136. The van der Waals surface area contributed by atoms with Crippen LogP contribution < -0.4 is 10.1 Å². The second-order valence-corrected chi connectivity index (χ2v) is 8.72. The number of amides is 1. The van der Waals surface area contributed by atoms with Gasteiger partial charge in [-0.25, -0.2) is 12.7 Å². The molecular formula is C22H22N2O4S. The van der Waals surface area contributed by atoms with E-state index in [1.165, 1.54) is 18.4 Å². The maximum Gasteiger partial charge on any atom is 0.255 e. The molecule has 3 rings (SSSR count). The van der Waals surface area contributed by atoms with Crippen molar-refractivity contribution in [1.29, 1.82) is 0 Å². The van der Waals surface area contributed by atoms with Gasteiger partial charge in [-0.2, -0.15) is 0 Å². The van der Waals surface area contributed by atoms with Crippen molar-refractivity contribution in [3.63, 3.8) is 0 Å². The lowest BCUT2D eigenvalue weighted by atomic mass is 10.2. The van der Waals surface area contributed by atoms with Crippen molar-refractivity contribution in [1.82, 2.24) is 4.31 Å². The van der Waals surface area contributed by atoms with Crippen LogP contribution >= 0.6 is 0 Å². The number of anilines is 1. The number of nitrogens with zero attached hydrogens (tertiary/aromatic N) is 1. The van der Waals surface area contributed by atoms with Crippen LogP contribution in [0.4, 0.5) is 5.69 Å². The molecule has 7 heteroatoms. The molecule has 0 radical (unpaired) electrons. The summed E-state index contributed by atoms with van der Waals surface area (Å²) in [7, 11) is -0.511. The topological polar surface area (TPSA) is 75.7 Å². The zero-order valence-corrected chi connectivity index (χ0v) is 17.0. The van der Waals surface area contributed by atoms with Crippen molar-refractivity contribution in [2.24, 2.45) is 0 Å². The molecule has 0 aliphatic rings. The maximum absolute atomic E-state index is 12.3. The maximum atomic E-state index is 12.3. The second kappa shape index (κ2) is 8.89. The fourth-order valence-corrected chi connectivity index (χ4v) is 3.60. The minimum absolute atomic E-state index is 0.201. The Morgan fingerprint density at radius 1 is 0.931 bits per heavy atom. The molecule has 0 aromatic heterocycles. The van der Waals surface area contributed by atoms with Crippen LogP contribution in [0.15, 0.2) is 83.8 Å². The van der Waals surface area contributed by atoms with E-state index < -0.39 is 10.0 Å². The Bertz CT molecular complexity index is 1100. The average Bonchev–Trinajstić information content (AvgIpc) is 2.73. The van der Waals surface area contributed by atoms with Crippen LogP contribution in [0, 0.1) is 0 Å². The molecular weight excluding hydrogens is 388 g/mol. The predicted octanol–water partition coefficient (Wildman–Crippen LogP) is 3.77. The van der Waals surface area contributed by atoms with E-state index in [0.717, 1.165) is 5.56 Å².